The molecule has 1 aliphatic rings. The molecule has 0 aliphatic carbocycles. The van der Waals surface area contributed by atoms with Crippen LogP contribution in [0.25, 0.3) is 0 Å². The number of amides is 1. The standard InChI is InChI=1S/C44H81NO9/c1-3-5-7-9-11-13-15-17-18-19-20-21-23-25-27-29-31-33-38(48)43(52)45-36(35-53-44-42(51)41(50)40(49)39(34-46)54-44)37(47)32-30-28-26-24-22-16-14-12-10-8-6-4-2/h20-22,24,30,32,36-42,44,46-51H,3-19,23,25-29,31,33-35H2,1-2H3,(H,45,52)/b21-20-,24-22+,32-30+. The van der Waals surface area contributed by atoms with E-state index in [1.54, 1.807) is 6.08 Å². The van der Waals surface area contributed by atoms with Gasteiger partial charge in [-0.2, -0.15) is 0 Å². The molecule has 0 aromatic carbocycles. The average Bonchev–Trinajstić information content (AvgIpc) is 3.17. The Labute approximate surface area is 328 Å². The second kappa shape index (κ2) is 34.6. The van der Waals surface area contributed by atoms with Crippen LogP contribution < -0.4 is 5.32 Å². The Morgan fingerprint density at radius 3 is 1.61 bits per heavy atom. The molecule has 0 aromatic heterocycles. The monoisotopic (exact) mass is 768 g/mol. The summed E-state index contributed by atoms with van der Waals surface area (Å²) < 4.78 is 11.1. The van der Waals surface area contributed by atoms with Crippen LogP contribution in [0.15, 0.2) is 36.5 Å². The average molecular weight is 768 g/mol. The fourth-order valence-corrected chi connectivity index (χ4v) is 6.64. The Kier molecular flexibility index (Phi) is 32.3. The summed E-state index contributed by atoms with van der Waals surface area (Å²) in [6, 6.07) is -0.999. The molecule has 8 atom stereocenters. The molecule has 54 heavy (non-hydrogen) atoms. The first-order chi connectivity index (χ1) is 26.3. The third kappa shape index (κ3) is 24.8. The lowest BCUT2D eigenvalue weighted by Crippen LogP contribution is -2.60. The molecule has 0 saturated carbocycles. The van der Waals surface area contributed by atoms with Crippen molar-refractivity contribution >= 4 is 5.91 Å². The number of allylic oxidation sites excluding steroid dienone is 5. The van der Waals surface area contributed by atoms with E-state index in [4.69, 9.17) is 9.47 Å². The number of carbonyl (C=O) groups excluding carboxylic acids is 1. The summed E-state index contributed by atoms with van der Waals surface area (Å²) in [5.41, 5.74) is 0. The van der Waals surface area contributed by atoms with E-state index in [0.717, 1.165) is 44.9 Å². The predicted octanol–water partition coefficient (Wildman–Crippen LogP) is 7.47. The molecule has 316 valence electrons. The van der Waals surface area contributed by atoms with Gasteiger partial charge in [-0.05, 0) is 57.8 Å². The smallest absolute Gasteiger partial charge is 0.249 e. The summed E-state index contributed by atoms with van der Waals surface area (Å²) in [4.78, 5) is 13.0. The number of nitrogens with one attached hydrogen (secondary N) is 1. The maximum absolute atomic E-state index is 13.0. The minimum Gasteiger partial charge on any atom is -0.394 e. The fraction of sp³-hybridized carbons (Fsp3) is 0.841. The largest absolute Gasteiger partial charge is 0.394 e. The maximum Gasteiger partial charge on any atom is 0.249 e. The van der Waals surface area contributed by atoms with Gasteiger partial charge in [0.05, 0.1) is 25.4 Å². The Morgan fingerprint density at radius 2 is 1.09 bits per heavy atom. The minimum absolute atomic E-state index is 0.289. The van der Waals surface area contributed by atoms with Gasteiger partial charge in [0.25, 0.3) is 0 Å². The van der Waals surface area contributed by atoms with Gasteiger partial charge in [-0.3, -0.25) is 4.79 Å². The van der Waals surface area contributed by atoms with E-state index < -0.39 is 61.5 Å². The molecule has 1 amide bonds. The fourth-order valence-electron chi connectivity index (χ4n) is 6.64. The van der Waals surface area contributed by atoms with Crippen LogP contribution in [-0.4, -0.2) is 98.7 Å². The third-order valence-corrected chi connectivity index (χ3v) is 10.3. The molecular formula is C44H81NO9. The third-order valence-electron chi connectivity index (χ3n) is 10.3. The zero-order chi connectivity index (χ0) is 39.7. The first-order valence-corrected chi connectivity index (χ1v) is 21.8. The highest BCUT2D eigenvalue weighted by Crippen LogP contribution is 2.22. The molecule has 1 saturated heterocycles. The molecule has 0 bridgehead atoms. The number of carbonyl (C=O) groups is 1. The lowest BCUT2D eigenvalue weighted by Gasteiger charge is -2.40. The van der Waals surface area contributed by atoms with Crippen molar-refractivity contribution in [2.24, 2.45) is 0 Å². The number of unbranched alkanes of at least 4 members (excludes halogenated alkanes) is 20. The molecular weight excluding hydrogens is 686 g/mol. The summed E-state index contributed by atoms with van der Waals surface area (Å²) in [5.74, 6) is -0.637. The van der Waals surface area contributed by atoms with Gasteiger partial charge in [0.2, 0.25) is 5.91 Å². The lowest BCUT2D eigenvalue weighted by molar-refractivity contribution is -0.302. The van der Waals surface area contributed by atoms with Crippen molar-refractivity contribution < 1.29 is 44.9 Å². The highest BCUT2D eigenvalue weighted by atomic mass is 16.7. The molecule has 10 heteroatoms. The minimum atomic E-state index is -1.62. The van der Waals surface area contributed by atoms with E-state index in [1.165, 1.54) is 96.3 Å². The summed E-state index contributed by atoms with van der Waals surface area (Å²) in [6.45, 7) is 3.55. The molecule has 1 heterocycles. The Morgan fingerprint density at radius 1 is 0.630 bits per heavy atom. The maximum atomic E-state index is 13.0. The topological polar surface area (TPSA) is 169 Å². The van der Waals surface area contributed by atoms with Crippen molar-refractivity contribution in [1.82, 2.24) is 5.32 Å². The number of hydrogen-bond acceptors (Lipinski definition) is 9. The van der Waals surface area contributed by atoms with Crippen molar-refractivity contribution in [1.29, 1.82) is 0 Å². The second-order valence-corrected chi connectivity index (χ2v) is 15.3. The van der Waals surface area contributed by atoms with E-state index in [2.05, 4.69) is 43.5 Å². The van der Waals surface area contributed by atoms with E-state index in [1.807, 2.05) is 6.08 Å². The van der Waals surface area contributed by atoms with Crippen LogP contribution in [0.3, 0.4) is 0 Å². The van der Waals surface area contributed by atoms with Crippen LogP contribution in [0, 0.1) is 0 Å². The van der Waals surface area contributed by atoms with E-state index in [0.29, 0.717) is 12.8 Å². The number of rotatable bonds is 35. The van der Waals surface area contributed by atoms with Gasteiger partial charge >= 0.3 is 0 Å². The van der Waals surface area contributed by atoms with Crippen LogP contribution in [0.2, 0.25) is 0 Å². The molecule has 1 fully saturated rings. The van der Waals surface area contributed by atoms with Gasteiger partial charge < -0.3 is 45.4 Å². The van der Waals surface area contributed by atoms with Crippen molar-refractivity contribution in [3.8, 4) is 0 Å². The summed E-state index contributed by atoms with van der Waals surface area (Å²) in [5, 5.41) is 64.4. The van der Waals surface area contributed by atoms with Crippen molar-refractivity contribution in [2.45, 2.75) is 223 Å². The van der Waals surface area contributed by atoms with Crippen LogP contribution >= 0.6 is 0 Å². The number of hydrogen-bond donors (Lipinski definition) is 7. The Balaban J connectivity index is 2.46. The highest BCUT2D eigenvalue weighted by molar-refractivity contribution is 5.80. The summed E-state index contributed by atoms with van der Waals surface area (Å²) in [6.07, 6.45) is 30.9. The predicted molar refractivity (Wildman–Crippen MR) is 218 cm³/mol. The zero-order valence-corrected chi connectivity index (χ0v) is 34.1. The van der Waals surface area contributed by atoms with Gasteiger partial charge in [0.15, 0.2) is 6.29 Å². The first-order valence-electron chi connectivity index (χ1n) is 21.8. The van der Waals surface area contributed by atoms with Crippen LogP contribution in [0.4, 0.5) is 0 Å². The number of ether oxygens (including phenoxy) is 2. The van der Waals surface area contributed by atoms with Gasteiger partial charge in [0, 0.05) is 0 Å². The van der Waals surface area contributed by atoms with Crippen LogP contribution in [-0.2, 0) is 14.3 Å². The van der Waals surface area contributed by atoms with Crippen LogP contribution in [0.5, 0.6) is 0 Å². The molecule has 8 unspecified atom stereocenters. The van der Waals surface area contributed by atoms with Gasteiger partial charge in [-0.15, -0.1) is 0 Å². The first kappa shape index (κ1) is 50.4. The highest BCUT2D eigenvalue weighted by Gasteiger charge is 2.44. The normalized spacial score (nSPS) is 22.4. The number of aliphatic hydroxyl groups is 6. The molecule has 10 nitrogen and oxygen atoms in total. The molecule has 7 N–H and O–H groups in total. The Hall–Kier alpha value is -1.63. The lowest BCUT2D eigenvalue weighted by atomic mass is 9.99. The summed E-state index contributed by atoms with van der Waals surface area (Å²) in [7, 11) is 0. The Bertz CT molecular complexity index is 958. The summed E-state index contributed by atoms with van der Waals surface area (Å²) >= 11 is 0. The SMILES string of the molecule is CCCCCCCC/C=C/CC/C=C/C(O)C(COC1OC(CO)C(O)C(O)C1O)NC(=O)C(O)CCCCCC/C=C\CCCCCCCCCCC. The molecule has 0 radical (unpaired) electrons. The second-order valence-electron chi connectivity index (χ2n) is 15.3. The molecule has 1 rings (SSSR count). The van der Waals surface area contributed by atoms with Crippen molar-refractivity contribution in [3.05, 3.63) is 36.5 Å². The molecule has 1 aliphatic heterocycles. The molecule has 0 spiro atoms. The van der Waals surface area contributed by atoms with Crippen LogP contribution in [0.1, 0.15) is 174 Å². The number of aliphatic hydroxyl groups excluding tert-OH is 6. The van der Waals surface area contributed by atoms with Gasteiger partial charge in [-0.25, -0.2) is 0 Å². The van der Waals surface area contributed by atoms with Gasteiger partial charge in [0.1, 0.15) is 30.5 Å². The van der Waals surface area contributed by atoms with Crippen molar-refractivity contribution in [2.75, 3.05) is 13.2 Å². The van der Waals surface area contributed by atoms with Gasteiger partial charge in [-0.1, -0.05) is 153 Å². The van der Waals surface area contributed by atoms with Crippen molar-refractivity contribution in [3.63, 3.8) is 0 Å². The van der Waals surface area contributed by atoms with E-state index in [9.17, 15) is 35.4 Å². The zero-order valence-electron chi connectivity index (χ0n) is 34.1. The van der Waals surface area contributed by atoms with E-state index >= 15 is 0 Å². The molecule has 0 aromatic rings. The van der Waals surface area contributed by atoms with E-state index in [-0.39, 0.29) is 13.0 Å². The quantitative estimate of drug-likeness (QED) is 0.0256.